The van der Waals surface area contributed by atoms with Gasteiger partial charge in [0.15, 0.2) is 11.5 Å². The Balaban J connectivity index is 1.48. The highest BCUT2D eigenvalue weighted by Crippen LogP contribution is 2.34. The Morgan fingerprint density at radius 2 is 1.74 bits per heavy atom. The van der Waals surface area contributed by atoms with E-state index in [1.165, 1.54) is 0 Å². The Labute approximate surface area is 157 Å². The Hall–Kier alpha value is -3.71. The third kappa shape index (κ3) is 3.94. The maximum Gasteiger partial charge on any atom is 0.231 e. The van der Waals surface area contributed by atoms with Gasteiger partial charge >= 0.3 is 0 Å². The van der Waals surface area contributed by atoms with E-state index in [9.17, 15) is 5.26 Å². The lowest BCUT2D eigenvalue weighted by atomic mass is 10.0. The summed E-state index contributed by atoms with van der Waals surface area (Å²) >= 11 is 0. The number of rotatable bonds is 5. The third-order valence-electron chi connectivity index (χ3n) is 4.24. The van der Waals surface area contributed by atoms with Crippen molar-refractivity contribution in [2.75, 3.05) is 6.79 Å². The SMILES string of the molecule is N#CC(=Cc1ccc(OCc2ccccc2)cc1)c1ccc2c(c1)OCO2. The van der Waals surface area contributed by atoms with Crippen LogP contribution in [0.25, 0.3) is 11.6 Å². The van der Waals surface area contributed by atoms with Gasteiger partial charge in [0.25, 0.3) is 0 Å². The molecular formula is C23H17NO3. The van der Waals surface area contributed by atoms with Crippen LogP contribution in [0.5, 0.6) is 17.2 Å². The van der Waals surface area contributed by atoms with Gasteiger partial charge in [-0.3, -0.25) is 0 Å². The van der Waals surface area contributed by atoms with Crippen LogP contribution in [0.15, 0.2) is 72.8 Å². The molecule has 0 N–H and O–H groups in total. The van der Waals surface area contributed by atoms with Crippen molar-refractivity contribution in [3.63, 3.8) is 0 Å². The number of nitrogens with zero attached hydrogens (tertiary/aromatic N) is 1. The minimum Gasteiger partial charge on any atom is -0.489 e. The highest BCUT2D eigenvalue weighted by molar-refractivity contribution is 5.90. The molecule has 0 saturated heterocycles. The van der Waals surface area contributed by atoms with E-state index < -0.39 is 0 Å². The summed E-state index contributed by atoms with van der Waals surface area (Å²) in [5.41, 5.74) is 3.41. The quantitative estimate of drug-likeness (QED) is 0.474. The van der Waals surface area contributed by atoms with Crippen molar-refractivity contribution >= 4 is 11.6 Å². The fourth-order valence-corrected chi connectivity index (χ4v) is 2.81. The molecule has 132 valence electrons. The first-order valence-electron chi connectivity index (χ1n) is 8.60. The van der Waals surface area contributed by atoms with Crippen molar-refractivity contribution in [2.45, 2.75) is 6.61 Å². The predicted octanol–water partition coefficient (Wildman–Crippen LogP) is 5.06. The molecule has 27 heavy (non-hydrogen) atoms. The molecule has 0 aromatic heterocycles. The van der Waals surface area contributed by atoms with Gasteiger partial charge in [-0.2, -0.15) is 5.26 Å². The molecule has 0 amide bonds. The third-order valence-corrected chi connectivity index (χ3v) is 4.24. The van der Waals surface area contributed by atoms with Crippen LogP contribution in [-0.2, 0) is 6.61 Å². The lowest BCUT2D eigenvalue weighted by Crippen LogP contribution is -1.94. The van der Waals surface area contributed by atoms with E-state index in [-0.39, 0.29) is 6.79 Å². The number of hydrogen-bond acceptors (Lipinski definition) is 4. The molecule has 0 bridgehead atoms. The number of nitriles is 1. The molecule has 0 unspecified atom stereocenters. The van der Waals surface area contributed by atoms with Gasteiger partial charge in [0.05, 0.1) is 11.6 Å². The largest absolute Gasteiger partial charge is 0.489 e. The molecule has 3 aromatic rings. The fourth-order valence-electron chi connectivity index (χ4n) is 2.81. The van der Waals surface area contributed by atoms with E-state index in [4.69, 9.17) is 14.2 Å². The van der Waals surface area contributed by atoms with Crippen LogP contribution in [0.3, 0.4) is 0 Å². The first-order valence-corrected chi connectivity index (χ1v) is 8.60. The molecule has 0 fully saturated rings. The molecular weight excluding hydrogens is 338 g/mol. The second-order valence-electron chi connectivity index (χ2n) is 6.08. The van der Waals surface area contributed by atoms with Gasteiger partial charge in [0.2, 0.25) is 6.79 Å². The van der Waals surface area contributed by atoms with Gasteiger partial charge in [0, 0.05) is 0 Å². The minimum atomic E-state index is 0.217. The summed E-state index contributed by atoms with van der Waals surface area (Å²) in [4.78, 5) is 0. The molecule has 4 heteroatoms. The van der Waals surface area contributed by atoms with E-state index in [1.54, 1.807) is 0 Å². The van der Waals surface area contributed by atoms with Gasteiger partial charge in [-0.1, -0.05) is 42.5 Å². The van der Waals surface area contributed by atoms with Crippen LogP contribution in [-0.4, -0.2) is 6.79 Å². The molecule has 1 aliphatic rings. The fraction of sp³-hybridized carbons (Fsp3) is 0.0870. The molecule has 0 saturated carbocycles. The summed E-state index contributed by atoms with van der Waals surface area (Å²) in [5.74, 6) is 2.16. The molecule has 0 aliphatic carbocycles. The summed E-state index contributed by atoms with van der Waals surface area (Å²) in [6.07, 6.45) is 1.85. The van der Waals surface area contributed by atoms with Gasteiger partial charge in [0.1, 0.15) is 12.4 Å². The van der Waals surface area contributed by atoms with Crippen LogP contribution >= 0.6 is 0 Å². The lowest BCUT2D eigenvalue weighted by molar-refractivity contribution is 0.174. The Bertz CT molecular complexity index is 1000. The van der Waals surface area contributed by atoms with Crippen molar-refractivity contribution in [2.24, 2.45) is 0 Å². The number of ether oxygens (including phenoxy) is 3. The summed E-state index contributed by atoms with van der Waals surface area (Å²) in [7, 11) is 0. The zero-order valence-electron chi connectivity index (χ0n) is 14.6. The normalized spacial score (nSPS) is 12.5. The van der Waals surface area contributed by atoms with Crippen molar-refractivity contribution in [3.8, 4) is 23.3 Å². The monoisotopic (exact) mass is 355 g/mol. The van der Waals surface area contributed by atoms with Crippen LogP contribution < -0.4 is 14.2 Å². The van der Waals surface area contributed by atoms with Crippen LogP contribution in [0, 0.1) is 11.3 Å². The van der Waals surface area contributed by atoms with Crippen molar-refractivity contribution < 1.29 is 14.2 Å². The molecule has 1 heterocycles. The average Bonchev–Trinajstić information content (AvgIpc) is 3.20. The zero-order valence-corrected chi connectivity index (χ0v) is 14.6. The van der Waals surface area contributed by atoms with Gasteiger partial charge in [-0.25, -0.2) is 0 Å². The Kier molecular flexibility index (Phi) is 4.76. The van der Waals surface area contributed by atoms with E-state index in [2.05, 4.69) is 6.07 Å². The van der Waals surface area contributed by atoms with E-state index in [0.29, 0.717) is 23.7 Å². The zero-order chi connectivity index (χ0) is 18.5. The molecule has 0 spiro atoms. The van der Waals surface area contributed by atoms with Crippen LogP contribution in [0.2, 0.25) is 0 Å². The Morgan fingerprint density at radius 3 is 2.52 bits per heavy atom. The van der Waals surface area contributed by atoms with Crippen molar-refractivity contribution in [1.82, 2.24) is 0 Å². The molecule has 0 atom stereocenters. The van der Waals surface area contributed by atoms with Crippen molar-refractivity contribution in [1.29, 1.82) is 5.26 Å². The standard InChI is InChI=1S/C23H17NO3/c24-14-20(19-8-11-22-23(13-19)27-16-26-22)12-17-6-9-21(10-7-17)25-15-18-4-2-1-3-5-18/h1-13H,15-16H2. The van der Waals surface area contributed by atoms with Gasteiger partial charge in [-0.05, 0) is 53.1 Å². The smallest absolute Gasteiger partial charge is 0.231 e. The highest BCUT2D eigenvalue weighted by atomic mass is 16.7. The second kappa shape index (κ2) is 7.67. The average molecular weight is 355 g/mol. The van der Waals surface area contributed by atoms with Crippen LogP contribution in [0.1, 0.15) is 16.7 Å². The molecule has 4 nitrogen and oxygen atoms in total. The summed E-state index contributed by atoms with van der Waals surface area (Å²) in [5, 5.41) is 9.54. The Morgan fingerprint density at radius 1 is 0.963 bits per heavy atom. The van der Waals surface area contributed by atoms with E-state index in [0.717, 1.165) is 22.4 Å². The van der Waals surface area contributed by atoms with Crippen molar-refractivity contribution in [3.05, 3.63) is 89.5 Å². The number of allylic oxidation sites excluding steroid dienone is 1. The minimum absolute atomic E-state index is 0.217. The molecule has 0 radical (unpaired) electrons. The molecule has 3 aromatic carbocycles. The molecule has 4 rings (SSSR count). The maximum atomic E-state index is 9.54. The summed E-state index contributed by atoms with van der Waals surface area (Å²) in [6.45, 7) is 0.742. The number of benzene rings is 3. The van der Waals surface area contributed by atoms with Gasteiger partial charge in [-0.15, -0.1) is 0 Å². The highest BCUT2D eigenvalue weighted by Gasteiger charge is 2.14. The first kappa shape index (κ1) is 16.7. The number of hydrogen-bond donors (Lipinski definition) is 0. The van der Waals surface area contributed by atoms with Crippen LogP contribution in [0.4, 0.5) is 0 Å². The first-order chi connectivity index (χ1) is 13.3. The van der Waals surface area contributed by atoms with E-state index >= 15 is 0 Å². The lowest BCUT2D eigenvalue weighted by Gasteiger charge is -2.07. The summed E-state index contributed by atoms with van der Waals surface area (Å²) < 4.78 is 16.5. The topological polar surface area (TPSA) is 51.5 Å². The summed E-state index contributed by atoms with van der Waals surface area (Å²) in [6, 6.07) is 25.5. The molecule has 1 aliphatic heterocycles. The second-order valence-corrected chi connectivity index (χ2v) is 6.08. The van der Waals surface area contributed by atoms with Gasteiger partial charge < -0.3 is 14.2 Å². The number of fused-ring (bicyclic) bond motifs is 1. The van der Waals surface area contributed by atoms with E-state index in [1.807, 2.05) is 78.9 Å². The predicted molar refractivity (Wildman–Crippen MR) is 103 cm³/mol. The maximum absolute atomic E-state index is 9.54.